The summed E-state index contributed by atoms with van der Waals surface area (Å²) in [6, 6.07) is 0. The molecular formula is C3H9OPS2. The summed E-state index contributed by atoms with van der Waals surface area (Å²) in [5, 5.41) is 0. The highest BCUT2D eigenvalue weighted by Crippen LogP contribution is 2.46. The Morgan fingerprint density at radius 1 is 1.86 bits per heavy atom. The van der Waals surface area contributed by atoms with Crippen LogP contribution in [0.4, 0.5) is 0 Å². The van der Waals surface area contributed by atoms with Crippen molar-refractivity contribution < 1.29 is 4.89 Å². The molecule has 1 unspecified atom stereocenters. The van der Waals surface area contributed by atoms with Crippen LogP contribution in [0.3, 0.4) is 0 Å². The molecule has 0 fully saturated rings. The molecule has 0 heterocycles. The molecule has 0 bridgehead atoms. The van der Waals surface area contributed by atoms with Gasteiger partial charge in [0.1, 0.15) is 5.47 Å². The van der Waals surface area contributed by atoms with E-state index in [0.29, 0.717) is 6.16 Å². The Morgan fingerprint density at radius 2 is 2.29 bits per heavy atom. The van der Waals surface area contributed by atoms with Gasteiger partial charge in [0.2, 0.25) is 0 Å². The van der Waals surface area contributed by atoms with E-state index in [1.54, 1.807) is 0 Å². The molecule has 0 aliphatic rings. The van der Waals surface area contributed by atoms with Crippen LogP contribution in [0.25, 0.3) is 0 Å². The van der Waals surface area contributed by atoms with Crippen LogP contribution in [0.2, 0.25) is 0 Å². The van der Waals surface area contributed by atoms with Gasteiger partial charge in [0, 0.05) is 6.16 Å². The zero-order chi connectivity index (χ0) is 5.91. The van der Waals surface area contributed by atoms with Gasteiger partial charge in [-0.05, 0) is 6.42 Å². The molecule has 0 amide bonds. The molecule has 0 aromatic carbocycles. The van der Waals surface area contributed by atoms with Gasteiger partial charge in [-0.1, -0.05) is 18.7 Å². The molecule has 0 rings (SSSR count). The van der Waals surface area contributed by atoms with Crippen LogP contribution in [-0.2, 0) is 11.8 Å². The van der Waals surface area contributed by atoms with E-state index in [4.69, 9.17) is 4.89 Å². The van der Waals surface area contributed by atoms with Gasteiger partial charge in [0.25, 0.3) is 0 Å². The number of thiol groups is 1. The molecule has 0 aliphatic carbocycles. The standard InChI is InChI=1S/C3H9OPS2/c1-2-3-5(4,6)7/h2-3H2,1H3,(H2,4,6,7). The summed E-state index contributed by atoms with van der Waals surface area (Å²) in [4.78, 5) is 8.81. The minimum absolute atomic E-state index is 0.686. The number of hydrogen-bond acceptors (Lipinski definition) is 1. The molecule has 7 heavy (non-hydrogen) atoms. The Kier molecular flexibility index (Phi) is 3.50. The fraction of sp³-hybridized carbons (Fsp3) is 1.00. The Bertz CT molecular complexity index is 86.9. The molecule has 0 spiro atoms. The van der Waals surface area contributed by atoms with Gasteiger partial charge >= 0.3 is 0 Å². The molecule has 0 aliphatic heterocycles. The van der Waals surface area contributed by atoms with Gasteiger partial charge in [0.15, 0.2) is 0 Å². The Hall–Kier alpha value is 0.960. The maximum Gasteiger partial charge on any atom is 0.114 e. The molecule has 4 heteroatoms. The lowest BCUT2D eigenvalue weighted by Crippen LogP contribution is -1.75. The third-order valence-electron chi connectivity index (χ3n) is 0.515. The van der Waals surface area contributed by atoms with Crippen molar-refractivity contribution in [2.75, 3.05) is 6.16 Å². The summed E-state index contributed by atoms with van der Waals surface area (Å²) >= 11 is 8.43. The molecule has 0 radical (unpaired) electrons. The lowest BCUT2D eigenvalue weighted by atomic mass is 10.6. The topological polar surface area (TPSA) is 20.2 Å². The van der Waals surface area contributed by atoms with Crippen LogP contribution in [0.1, 0.15) is 13.3 Å². The maximum absolute atomic E-state index is 8.81. The maximum atomic E-state index is 8.81. The summed E-state index contributed by atoms with van der Waals surface area (Å²) in [6.45, 7) is 1.98. The first-order valence-electron chi connectivity index (χ1n) is 2.11. The summed E-state index contributed by atoms with van der Waals surface area (Å²) in [5.41, 5.74) is -2.14. The van der Waals surface area contributed by atoms with Crippen molar-refractivity contribution in [3.05, 3.63) is 0 Å². The highest BCUT2D eigenvalue weighted by Gasteiger charge is 2.00. The normalized spacial score (nSPS) is 18.7. The van der Waals surface area contributed by atoms with E-state index < -0.39 is 5.47 Å². The van der Waals surface area contributed by atoms with Crippen molar-refractivity contribution in [3.8, 4) is 0 Å². The number of rotatable bonds is 2. The average Bonchev–Trinajstić information content (AvgIpc) is 1.30. The molecule has 0 aromatic heterocycles. The van der Waals surface area contributed by atoms with Crippen LogP contribution in [0.5, 0.6) is 0 Å². The second-order valence-electron chi connectivity index (χ2n) is 1.39. The third-order valence-corrected chi connectivity index (χ3v) is 2.69. The van der Waals surface area contributed by atoms with Crippen LogP contribution in [0, 0.1) is 0 Å². The lowest BCUT2D eigenvalue weighted by Gasteiger charge is -2.02. The van der Waals surface area contributed by atoms with E-state index >= 15 is 0 Å². The van der Waals surface area contributed by atoms with Crippen LogP contribution >= 0.6 is 17.7 Å². The van der Waals surface area contributed by atoms with Crippen molar-refractivity contribution >= 4 is 29.5 Å². The molecule has 44 valence electrons. The first-order chi connectivity index (χ1) is 3.06. The first-order valence-corrected chi connectivity index (χ1v) is 6.20. The smallest absolute Gasteiger partial charge is 0.114 e. The molecule has 1 N–H and O–H groups in total. The Morgan fingerprint density at radius 3 is 2.29 bits per heavy atom. The van der Waals surface area contributed by atoms with Crippen molar-refractivity contribution in [2.24, 2.45) is 0 Å². The van der Waals surface area contributed by atoms with E-state index in [1.807, 2.05) is 6.92 Å². The molecular weight excluding hydrogens is 147 g/mol. The predicted molar refractivity (Wildman–Crippen MR) is 40.6 cm³/mol. The largest absolute Gasteiger partial charge is 0.357 e. The summed E-state index contributed by atoms with van der Waals surface area (Å²) in [5.74, 6) is 0. The van der Waals surface area contributed by atoms with E-state index in [0.717, 1.165) is 6.42 Å². The SMILES string of the molecule is CCCP(O)(=S)S. The highest BCUT2D eigenvalue weighted by atomic mass is 32.9. The van der Waals surface area contributed by atoms with Crippen LogP contribution < -0.4 is 0 Å². The minimum atomic E-state index is -2.14. The zero-order valence-corrected chi connectivity index (χ0v) is 6.77. The summed E-state index contributed by atoms with van der Waals surface area (Å²) in [6.07, 6.45) is 1.61. The number of hydrogen-bond donors (Lipinski definition) is 2. The van der Waals surface area contributed by atoms with Gasteiger partial charge in [-0.2, -0.15) is 0 Å². The van der Waals surface area contributed by atoms with E-state index in [-0.39, 0.29) is 0 Å². The van der Waals surface area contributed by atoms with Crippen molar-refractivity contribution in [3.63, 3.8) is 0 Å². The van der Waals surface area contributed by atoms with E-state index in [1.165, 1.54) is 0 Å². The van der Waals surface area contributed by atoms with Crippen LogP contribution in [-0.4, -0.2) is 11.1 Å². The Labute approximate surface area is 54.4 Å². The second kappa shape index (κ2) is 3.08. The minimum Gasteiger partial charge on any atom is -0.357 e. The summed E-state index contributed by atoms with van der Waals surface area (Å²) in [7, 11) is 0. The fourth-order valence-corrected chi connectivity index (χ4v) is 2.02. The average molecular weight is 156 g/mol. The second-order valence-corrected chi connectivity index (χ2v) is 7.77. The molecule has 1 atom stereocenters. The van der Waals surface area contributed by atoms with Gasteiger partial charge in [0.05, 0.1) is 0 Å². The highest BCUT2D eigenvalue weighted by molar-refractivity contribution is 8.61. The van der Waals surface area contributed by atoms with Gasteiger partial charge < -0.3 is 4.89 Å². The predicted octanol–water partition coefficient (Wildman–Crippen LogP) is 1.63. The third kappa shape index (κ3) is 6.96. The van der Waals surface area contributed by atoms with Crippen molar-refractivity contribution in [2.45, 2.75) is 13.3 Å². The van der Waals surface area contributed by atoms with Gasteiger partial charge in [-0.3, -0.25) is 0 Å². The lowest BCUT2D eigenvalue weighted by molar-refractivity contribution is 0.637. The molecule has 0 aromatic rings. The fourth-order valence-electron chi connectivity index (χ4n) is 0.291. The molecule has 0 saturated heterocycles. The van der Waals surface area contributed by atoms with Gasteiger partial charge in [-0.15, -0.1) is 12.2 Å². The Balaban J connectivity index is 3.36. The monoisotopic (exact) mass is 156 g/mol. The zero-order valence-electron chi connectivity index (χ0n) is 4.16. The van der Waals surface area contributed by atoms with Gasteiger partial charge in [-0.25, -0.2) is 0 Å². The first kappa shape index (κ1) is 7.96. The quantitative estimate of drug-likeness (QED) is 0.468. The summed E-state index contributed by atoms with van der Waals surface area (Å²) < 4.78 is 0. The van der Waals surface area contributed by atoms with E-state index in [9.17, 15) is 0 Å². The van der Waals surface area contributed by atoms with Crippen molar-refractivity contribution in [1.82, 2.24) is 0 Å². The van der Waals surface area contributed by atoms with Crippen LogP contribution in [0.15, 0.2) is 0 Å². The molecule has 0 saturated carbocycles. The molecule has 1 nitrogen and oxygen atoms in total. The van der Waals surface area contributed by atoms with E-state index in [2.05, 4.69) is 24.1 Å². The van der Waals surface area contributed by atoms with Crippen molar-refractivity contribution in [1.29, 1.82) is 0 Å².